The second-order valence-electron chi connectivity index (χ2n) is 6.51. The number of hydrogen-bond acceptors (Lipinski definition) is 0. The Morgan fingerprint density at radius 1 is 0.625 bits per heavy atom. The lowest BCUT2D eigenvalue weighted by atomic mass is 9.96. The highest BCUT2D eigenvalue weighted by Gasteiger charge is 2.17. The van der Waals surface area contributed by atoms with Crippen LogP contribution in [0.15, 0.2) is 85.1 Å². The van der Waals surface area contributed by atoms with E-state index in [1.54, 1.807) is 0 Å². The first kappa shape index (κ1) is 14.8. The van der Waals surface area contributed by atoms with Crippen molar-refractivity contribution in [2.24, 2.45) is 0 Å². The molecule has 0 aliphatic rings. The number of aryl methyl sites for hydroxylation is 2. The fraction of sp³-hybridized carbons (Fsp3) is 0.130. The lowest BCUT2D eigenvalue weighted by molar-refractivity contribution is 0.704. The Morgan fingerprint density at radius 2 is 1.17 bits per heavy atom. The van der Waals surface area contributed by atoms with Crippen molar-refractivity contribution in [3.05, 3.63) is 107 Å². The Morgan fingerprint density at radius 3 is 1.75 bits per heavy atom. The quantitative estimate of drug-likeness (QED) is 0.444. The van der Waals surface area contributed by atoms with Gasteiger partial charge in [0.05, 0.1) is 6.04 Å². The van der Waals surface area contributed by atoms with E-state index in [0.717, 1.165) is 0 Å². The fourth-order valence-corrected chi connectivity index (χ4v) is 3.34. The largest absolute Gasteiger partial charge is 0.336 e. The summed E-state index contributed by atoms with van der Waals surface area (Å²) in [7, 11) is 0. The molecule has 4 rings (SSSR count). The van der Waals surface area contributed by atoms with E-state index in [1.807, 2.05) is 0 Å². The molecule has 0 spiro atoms. The predicted octanol–water partition coefficient (Wildman–Crippen LogP) is 5.90. The van der Waals surface area contributed by atoms with Gasteiger partial charge in [-0.25, -0.2) is 0 Å². The summed E-state index contributed by atoms with van der Waals surface area (Å²) in [6, 6.07) is 28.7. The van der Waals surface area contributed by atoms with Crippen LogP contribution in [-0.2, 0) is 0 Å². The van der Waals surface area contributed by atoms with Crippen LogP contribution < -0.4 is 0 Å². The number of rotatable bonds is 3. The summed E-state index contributed by atoms with van der Waals surface area (Å²) in [5, 5.41) is 1.28. The van der Waals surface area contributed by atoms with Gasteiger partial charge < -0.3 is 4.57 Å². The van der Waals surface area contributed by atoms with Crippen molar-refractivity contribution in [1.82, 2.24) is 4.57 Å². The zero-order valence-corrected chi connectivity index (χ0v) is 14.1. The molecule has 3 aromatic carbocycles. The number of hydrogen-bond donors (Lipinski definition) is 0. The molecule has 0 saturated carbocycles. The standard InChI is InChI=1S/C23H21N/c1-17-7-11-20(12-8-17)23(21-13-9-18(2)10-14-21)24-16-15-19-5-3-4-6-22(19)24/h3-16,23H,1-2H3. The molecule has 0 N–H and O–H groups in total. The lowest BCUT2D eigenvalue weighted by Crippen LogP contribution is -2.11. The maximum Gasteiger partial charge on any atom is 0.0839 e. The molecule has 1 nitrogen and oxygen atoms in total. The zero-order valence-electron chi connectivity index (χ0n) is 14.1. The summed E-state index contributed by atoms with van der Waals surface area (Å²) < 4.78 is 2.38. The van der Waals surface area contributed by atoms with Gasteiger partial charge in [-0.15, -0.1) is 0 Å². The predicted molar refractivity (Wildman–Crippen MR) is 102 cm³/mol. The van der Waals surface area contributed by atoms with Crippen molar-refractivity contribution in [3.63, 3.8) is 0 Å². The number of aromatic nitrogens is 1. The molecule has 0 atom stereocenters. The Hall–Kier alpha value is -2.80. The van der Waals surface area contributed by atoms with E-state index >= 15 is 0 Å². The van der Waals surface area contributed by atoms with E-state index in [1.165, 1.54) is 33.2 Å². The first-order valence-corrected chi connectivity index (χ1v) is 8.41. The van der Waals surface area contributed by atoms with Gasteiger partial charge in [-0.3, -0.25) is 0 Å². The second kappa shape index (κ2) is 6.01. The maximum absolute atomic E-state index is 2.38. The normalized spacial score (nSPS) is 11.3. The van der Waals surface area contributed by atoms with Crippen molar-refractivity contribution >= 4 is 10.9 Å². The summed E-state index contributed by atoms with van der Waals surface area (Å²) in [6.07, 6.45) is 2.20. The van der Waals surface area contributed by atoms with Crippen LogP contribution >= 0.6 is 0 Å². The van der Waals surface area contributed by atoms with Crippen molar-refractivity contribution < 1.29 is 0 Å². The van der Waals surface area contributed by atoms with Crippen LogP contribution in [0.4, 0.5) is 0 Å². The van der Waals surface area contributed by atoms with Gasteiger partial charge in [0.2, 0.25) is 0 Å². The molecule has 118 valence electrons. The third-order valence-electron chi connectivity index (χ3n) is 4.69. The van der Waals surface area contributed by atoms with E-state index in [2.05, 4.69) is 103 Å². The topological polar surface area (TPSA) is 4.93 Å². The number of nitrogens with zero attached hydrogens (tertiary/aromatic N) is 1. The average molecular weight is 311 g/mol. The van der Waals surface area contributed by atoms with E-state index < -0.39 is 0 Å². The molecule has 0 amide bonds. The second-order valence-corrected chi connectivity index (χ2v) is 6.51. The van der Waals surface area contributed by atoms with Crippen molar-refractivity contribution in [1.29, 1.82) is 0 Å². The Balaban J connectivity index is 1.93. The van der Waals surface area contributed by atoms with Crippen molar-refractivity contribution in [2.45, 2.75) is 19.9 Å². The molecule has 4 aromatic rings. The highest BCUT2D eigenvalue weighted by Crippen LogP contribution is 2.31. The Kier molecular flexibility index (Phi) is 3.70. The number of benzene rings is 3. The van der Waals surface area contributed by atoms with Crippen LogP contribution in [0.25, 0.3) is 10.9 Å². The van der Waals surface area contributed by atoms with Gasteiger partial charge in [-0.05, 0) is 42.5 Å². The van der Waals surface area contributed by atoms with Gasteiger partial charge in [-0.2, -0.15) is 0 Å². The van der Waals surface area contributed by atoms with Crippen LogP contribution in [0.5, 0.6) is 0 Å². The third-order valence-corrected chi connectivity index (χ3v) is 4.69. The van der Waals surface area contributed by atoms with E-state index in [-0.39, 0.29) is 6.04 Å². The van der Waals surface area contributed by atoms with Gasteiger partial charge in [0.1, 0.15) is 0 Å². The van der Waals surface area contributed by atoms with Crippen LogP contribution in [0.2, 0.25) is 0 Å². The molecule has 0 radical (unpaired) electrons. The molecule has 0 aliphatic carbocycles. The van der Waals surface area contributed by atoms with Crippen LogP contribution in [0.1, 0.15) is 28.3 Å². The highest BCUT2D eigenvalue weighted by molar-refractivity contribution is 5.80. The molecule has 1 aromatic heterocycles. The molecular weight excluding hydrogens is 290 g/mol. The lowest BCUT2D eigenvalue weighted by Gasteiger charge is -2.22. The summed E-state index contributed by atoms with van der Waals surface area (Å²) in [4.78, 5) is 0. The molecule has 0 bridgehead atoms. The number of fused-ring (bicyclic) bond motifs is 1. The van der Waals surface area contributed by atoms with Crippen LogP contribution in [0, 0.1) is 13.8 Å². The van der Waals surface area contributed by atoms with Crippen LogP contribution in [-0.4, -0.2) is 4.57 Å². The fourth-order valence-electron chi connectivity index (χ4n) is 3.34. The molecule has 0 aliphatic heterocycles. The van der Waals surface area contributed by atoms with E-state index in [4.69, 9.17) is 0 Å². The highest BCUT2D eigenvalue weighted by atomic mass is 15.0. The molecule has 24 heavy (non-hydrogen) atoms. The summed E-state index contributed by atoms with van der Waals surface area (Å²) in [6.45, 7) is 4.27. The van der Waals surface area contributed by atoms with Gasteiger partial charge in [0, 0.05) is 11.7 Å². The van der Waals surface area contributed by atoms with Gasteiger partial charge in [-0.1, -0.05) is 77.9 Å². The molecule has 1 heteroatoms. The van der Waals surface area contributed by atoms with E-state index in [0.29, 0.717) is 0 Å². The first-order chi connectivity index (χ1) is 11.7. The van der Waals surface area contributed by atoms with Crippen molar-refractivity contribution in [2.75, 3.05) is 0 Å². The monoisotopic (exact) mass is 311 g/mol. The van der Waals surface area contributed by atoms with Gasteiger partial charge in [0.25, 0.3) is 0 Å². The summed E-state index contributed by atoms with van der Waals surface area (Å²) in [5.74, 6) is 0. The Labute approximate surface area is 143 Å². The molecular formula is C23H21N. The minimum absolute atomic E-state index is 0.186. The average Bonchev–Trinajstić information content (AvgIpc) is 3.03. The third kappa shape index (κ3) is 2.63. The van der Waals surface area contributed by atoms with E-state index in [9.17, 15) is 0 Å². The Bertz CT molecular complexity index is 914. The maximum atomic E-state index is 2.38. The van der Waals surface area contributed by atoms with Gasteiger partial charge >= 0.3 is 0 Å². The SMILES string of the molecule is Cc1ccc(C(c2ccc(C)cc2)n2ccc3ccccc32)cc1. The molecule has 0 saturated heterocycles. The van der Waals surface area contributed by atoms with Gasteiger partial charge in [0.15, 0.2) is 0 Å². The van der Waals surface area contributed by atoms with Crippen LogP contribution in [0.3, 0.4) is 0 Å². The number of para-hydroxylation sites is 1. The minimum Gasteiger partial charge on any atom is -0.336 e. The molecule has 0 unspecified atom stereocenters. The minimum atomic E-state index is 0.186. The zero-order chi connectivity index (χ0) is 16.5. The molecule has 1 heterocycles. The first-order valence-electron chi connectivity index (χ1n) is 8.41. The summed E-state index contributed by atoms with van der Waals surface area (Å²) >= 11 is 0. The van der Waals surface area contributed by atoms with Crippen molar-refractivity contribution in [3.8, 4) is 0 Å². The molecule has 0 fully saturated rings. The summed E-state index contributed by atoms with van der Waals surface area (Å²) in [5.41, 5.74) is 6.47. The smallest absolute Gasteiger partial charge is 0.0839 e.